The number of benzene rings is 1. The molecule has 0 spiro atoms. The third-order valence-electron chi connectivity index (χ3n) is 5.39. The lowest BCUT2D eigenvalue weighted by atomic mass is 10.0. The topological polar surface area (TPSA) is 70.1 Å². The van der Waals surface area contributed by atoms with Crippen LogP contribution in [0.3, 0.4) is 0 Å². The second kappa shape index (κ2) is 8.94. The largest absolute Gasteiger partial charge is 0.472 e. The number of anilines is 1. The number of carbonyl (C=O) groups excluding carboxylic acids is 1. The lowest BCUT2D eigenvalue weighted by molar-refractivity contribution is -0.117. The number of likely N-dealkylation sites (tertiary alicyclic amines) is 1. The summed E-state index contributed by atoms with van der Waals surface area (Å²) < 4.78 is 5.95. The van der Waals surface area contributed by atoms with Gasteiger partial charge in [-0.05, 0) is 30.5 Å². The molecule has 2 aliphatic rings. The predicted molar refractivity (Wildman–Crippen MR) is 113 cm³/mol. The molecule has 4 rings (SSSR count). The van der Waals surface area contributed by atoms with Crippen molar-refractivity contribution in [3.8, 4) is 5.88 Å². The zero-order chi connectivity index (χ0) is 20.1. The Morgan fingerprint density at radius 2 is 2.10 bits per heavy atom. The molecule has 0 aliphatic carbocycles. The zero-order valence-corrected chi connectivity index (χ0v) is 16.8. The second-order valence-electron chi connectivity index (χ2n) is 7.32. The summed E-state index contributed by atoms with van der Waals surface area (Å²) in [7, 11) is 1.75. The van der Waals surface area contributed by atoms with Crippen molar-refractivity contribution < 1.29 is 9.53 Å². The third-order valence-corrected chi connectivity index (χ3v) is 5.39. The van der Waals surface area contributed by atoms with E-state index in [-0.39, 0.29) is 18.6 Å². The van der Waals surface area contributed by atoms with E-state index in [2.05, 4.69) is 26.3 Å². The summed E-state index contributed by atoms with van der Waals surface area (Å²) >= 11 is 0. The molecule has 0 saturated carbocycles. The molecule has 1 amide bonds. The summed E-state index contributed by atoms with van der Waals surface area (Å²) in [5, 5.41) is 3.24. The average Bonchev–Trinajstić information content (AvgIpc) is 3.22. The number of rotatable bonds is 4. The van der Waals surface area contributed by atoms with Gasteiger partial charge in [0.1, 0.15) is 6.10 Å². The van der Waals surface area contributed by atoms with Gasteiger partial charge in [0.25, 0.3) is 0 Å². The van der Waals surface area contributed by atoms with E-state index >= 15 is 0 Å². The molecule has 1 fully saturated rings. The fourth-order valence-corrected chi connectivity index (χ4v) is 3.98. The molecule has 1 atom stereocenters. The van der Waals surface area contributed by atoms with E-state index in [0.717, 1.165) is 50.5 Å². The molecule has 1 aromatic carbocycles. The van der Waals surface area contributed by atoms with Gasteiger partial charge in [-0.3, -0.25) is 9.79 Å². The Hall–Kier alpha value is -3.09. The van der Waals surface area contributed by atoms with E-state index in [9.17, 15) is 4.79 Å². The Bertz CT molecular complexity index is 871. The summed E-state index contributed by atoms with van der Waals surface area (Å²) in [6.07, 6.45) is 4.71. The molecule has 2 aromatic rings. The first-order valence-corrected chi connectivity index (χ1v) is 10.2. The van der Waals surface area contributed by atoms with Gasteiger partial charge in [0.2, 0.25) is 11.8 Å². The van der Waals surface area contributed by atoms with Gasteiger partial charge in [-0.2, -0.15) is 0 Å². The zero-order valence-electron chi connectivity index (χ0n) is 16.8. The van der Waals surface area contributed by atoms with Gasteiger partial charge < -0.3 is 19.9 Å². The molecule has 0 radical (unpaired) electrons. The SMILES string of the molecule is CN=C(NCC(=O)N1CCCc2ccccc21)N1CCC(Oc2ccccn2)C1. The number of nitrogens with one attached hydrogen (secondary N) is 1. The quantitative estimate of drug-likeness (QED) is 0.636. The summed E-state index contributed by atoms with van der Waals surface area (Å²) in [5.74, 6) is 1.44. The summed E-state index contributed by atoms with van der Waals surface area (Å²) in [5.41, 5.74) is 2.27. The maximum Gasteiger partial charge on any atom is 0.246 e. The number of hydrogen-bond donors (Lipinski definition) is 1. The number of hydrogen-bond acceptors (Lipinski definition) is 4. The highest BCUT2D eigenvalue weighted by Gasteiger charge is 2.28. The van der Waals surface area contributed by atoms with Gasteiger partial charge in [-0.15, -0.1) is 0 Å². The van der Waals surface area contributed by atoms with Crippen LogP contribution < -0.4 is 15.0 Å². The van der Waals surface area contributed by atoms with Gasteiger partial charge in [-0.1, -0.05) is 24.3 Å². The minimum Gasteiger partial charge on any atom is -0.472 e. The van der Waals surface area contributed by atoms with Gasteiger partial charge in [-0.25, -0.2) is 4.98 Å². The normalized spacial score (nSPS) is 19.1. The van der Waals surface area contributed by atoms with Crippen LogP contribution in [0, 0.1) is 0 Å². The molecule has 152 valence electrons. The predicted octanol–water partition coefficient (Wildman–Crippen LogP) is 2.09. The van der Waals surface area contributed by atoms with Crippen molar-refractivity contribution in [2.45, 2.75) is 25.4 Å². The Balaban J connectivity index is 1.32. The molecular weight excluding hydrogens is 366 g/mol. The van der Waals surface area contributed by atoms with Crippen molar-refractivity contribution in [1.82, 2.24) is 15.2 Å². The highest BCUT2D eigenvalue weighted by molar-refractivity contribution is 5.98. The monoisotopic (exact) mass is 393 g/mol. The lowest BCUT2D eigenvalue weighted by Crippen LogP contribution is -2.47. The first-order chi connectivity index (χ1) is 14.2. The molecule has 3 heterocycles. The number of aliphatic imine (C=N–C) groups is 1. The molecule has 29 heavy (non-hydrogen) atoms. The van der Waals surface area contributed by atoms with Crippen LogP contribution in [0.25, 0.3) is 0 Å². The number of carbonyl (C=O) groups is 1. The van der Waals surface area contributed by atoms with Crippen LogP contribution in [0.2, 0.25) is 0 Å². The minimum atomic E-state index is 0.0631. The van der Waals surface area contributed by atoms with Crippen molar-refractivity contribution in [1.29, 1.82) is 0 Å². The Labute approximate surface area is 171 Å². The molecule has 7 heteroatoms. The number of aromatic nitrogens is 1. The molecule has 7 nitrogen and oxygen atoms in total. The number of amides is 1. The van der Waals surface area contributed by atoms with Crippen LogP contribution in [0.4, 0.5) is 5.69 Å². The fourth-order valence-electron chi connectivity index (χ4n) is 3.98. The molecule has 2 aliphatic heterocycles. The molecule has 1 aromatic heterocycles. The van der Waals surface area contributed by atoms with E-state index in [4.69, 9.17) is 4.74 Å². The number of fused-ring (bicyclic) bond motifs is 1. The molecule has 0 bridgehead atoms. The minimum absolute atomic E-state index is 0.0631. The van der Waals surface area contributed by atoms with Crippen LogP contribution in [0.15, 0.2) is 53.7 Å². The van der Waals surface area contributed by atoms with E-state index < -0.39 is 0 Å². The Kier molecular flexibility index (Phi) is 5.93. The van der Waals surface area contributed by atoms with Gasteiger partial charge in [0.05, 0.1) is 13.1 Å². The van der Waals surface area contributed by atoms with Crippen molar-refractivity contribution in [2.75, 3.05) is 38.1 Å². The van der Waals surface area contributed by atoms with Crippen LogP contribution >= 0.6 is 0 Å². The van der Waals surface area contributed by atoms with Crippen LogP contribution in [-0.2, 0) is 11.2 Å². The van der Waals surface area contributed by atoms with Crippen molar-refractivity contribution >= 4 is 17.6 Å². The number of nitrogens with zero attached hydrogens (tertiary/aromatic N) is 4. The van der Waals surface area contributed by atoms with E-state index in [0.29, 0.717) is 5.88 Å². The maximum absolute atomic E-state index is 12.9. The van der Waals surface area contributed by atoms with Crippen LogP contribution in [0.1, 0.15) is 18.4 Å². The number of para-hydroxylation sites is 1. The maximum atomic E-state index is 12.9. The number of aryl methyl sites for hydroxylation is 1. The van der Waals surface area contributed by atoms with E-state index in [1.165, 1.54) is 5.56 Å². The Morgan fingerprint density at radius 1 is 1.24 bits per heavy atom. The van der Waals surface area contributed by atoms with Crippen molar-refractivity contribution in [3.63, 3.8) is 0 Å². The fraction of sp³-hybridized carbons (Fsp3) is 0.409. The van der Waals surface area contributed by atoms with Crippen LogP contribution in [-0.4, -0.2) is 61.1 Å². The van der Waals surface area contributed by atoms with E-state index in [1.807, 2.05) is 41.3 Å². The second-order valence-corrected chi connectivity index (χ2v) is 7.32. The molecule has 1 saturated heterocycles. The number of pyridine rings is 1. The first-order valence-electron chi connectivity index (χ1n) is 10.2. The van der Waals surface area contributed by atoms with Gasteiger partial charge in [0, 0.05) is 44.5 Å². The highest BCUT2D eigenvalue weighted by atomic mass is 16.5. The standard InChI is InChI=1S/C22H27N5O2/c1-23-22(26-14-11-18(16-26)29-20-10-4-5-12-24-20)25-15-21(28)27-13-6-8-17-7-2-3-9-19(17)27/h2-5,7,9-10,12,18H,6,8,11,13-16H2,1H3,(H,23,25). The number of guanidine groups is 1. The third kappa shape index (κ3) is 4.50. The van der Waals surface area contributed by atoms with E-state index in [1.54, 1.807) is 13.2 Å². The average molecular weight is 393 g/mol. The van der Waals surface area contributed by atoms with Gasteiger partial charge in [0.15, 0.2) is 5.96 Å². The smallest absolute Gasteiger partial charge is 0.246 e. The summed E-state index contributed by atoms with van der Waals surface area (Å²) in [6, 6.07) is 13.8. The van der Waals surface area contributed by atoms with Crippen molar-refractivity contribution in [2.24, 2.45) is 4.99 Å². The summed E-state index contributed by atoms with van der Waals surface area (Å²) in [4.78, 5) is 25.5. The Morgan fingerprint density at radius 3 is 2.93 bits per heavy atom. The lowest BCUT2D eigenvalue weighted by Gasteiger charge is -2.30. The molecule has 1 N–H and O–H groups in total. The first kappa shape index (κ1) is 19.2. The molecular formula is C22H27N5O2. The highest BCUT2D eigenvalue weighted by Crippen LogP contribution is 2.26. The van der Waals surface area contributed by atoms with Crippen molar-refractivity contribution in [3.05, 3.63) is 54.2 Å². The summed E-state index contributed by atoms with van der Waals surface area (Å²) in [6.45, 7) is 2.54. The number of ether oxygens (including phenoxy) is 1. The van der Waals surface area contributed by atoms with Crippen LogP contribution in [0.5, 0.6) is 5.88 Å². The van der Waals surface area contributed by atoms with Gasteiger partial charge >= 0.3 is 0 Å². The molecule has 1 unspecified atom stereocenters.